The van der Waals surface area contributed by atoms with Crippen LogP contribution < -0.4 is 4.74 Å². The number of rotatable bonds is 7. The van der Waals surface area contributed by atoms with E-state index < -0.39 is 14.9 Å². The van der Waals surface area contributed by atoms with Crippen molar-refractivity contribution >= 4 is 15.7 Å². The van der Waals surface area contributed by atoms with Crippen molar-refractivity contribution in [3.8, 4) is 5.75 Å². The molecule has 29 heavy (non-hydrogen) atoms. The zero-order chi connectivity index (χ0) is 21.0. The van der Waals surface area contributed by atoms with Gasteiger partial charge in [0.15, 0.2) is 5.75 Å². The van der Waals surface area contributed by atoms with E-state index in [4.69, 9.17) is 4.74 Å². The van der Waals surface area contributed by atoms with Gasteiger partial charge in [0.1, 0.15) is 0 Å². The van der Waals surface area contributed by atoms with Gasteiger partial charge in [0, 0.05) is 38.3 Å². The second-order valence-electron chi connectivity index (χ2n) is 6.87. The van der Waals surface area contributed by atoms with Crippen molar-refractivity contribution < 1.29 is 18.1 Å². The van der Waals surface area contributed by atoms with Crippen LogP contribution in [0.4, 0.5) is 5.69 Å². The van der Waals surface area contributed by atoms with Crippen LogP contribution in [0, 0.1) is 10.1 Å². The van der Waals surface area contributed by atoms with E-state index in [9.17, 15) is 18.5 Å². The fraction of sp³-hybridized carbons (Fsp3) is 0.400. The lowest BCUT2D eigenvalue weighted by atomic mass is 10.0. The summed E-state index contributed by atoms with van der Waals surface area (Å²) in [6.07, 6.45) is 0.932. The molecule has 9 heteroatoms. The number of sulfonamides is 1. The molecule has 1 atom stereocenters. The molecule has 0 spiro atoms. The third-order valence-corrected chi connectivity index (χ3v) is 7.16. The van der Waals surface area contributed by atoms with Gasteiger partial charge in [-0.05, 0) is 24.1 Å². The van der Waals surface area contributed by atoms with Gasteiger partial charge in [-0.25, -0.2) is 8.42 Å². The van der Waals surface area contributed by atoms with E-state index in [1.165, 1.54) is 29.1 Å². The van der Waals surface area contributed by atoms with Crippen molar-refractivity contribution in [3.63, 3.8) is 0 Å². The molecular weight excluding hydrogens is 394 g/mol. The first-order valence-electron chi connectivity index (χ1n) is 9.50. The molecule has 0 amide bonds. The Bertz CT molecular complexity index is 957. The molecular formula is C20H25N3O5S. The maximum absolute atomic E-state index is 13.0. The Labute approximate surface area is 170 Å². The number of nitrogens with zero attached hydrogens (tertiary/aromatic N) is 3. The number of nitro benzene ring substituents is 1. The molecule has 0 aliphatic carbocycles. The van der Waals surface area contributed by atoms with Gasteiger partial charge in [-0.2, -0.15) is 4.31 Å². The number of benzene rings is 2. The van der Waals surface area contributed by atoms with Gasteiger partial charge in [-0.3, -0.25) is 15.0 Å². The lowest BCUT2D eigenvalue weighted by Gasteiger charge is -2.38. The van der Waals surface area contributed by atoms with Crippen molar-refractivity contribution in [2.24, 2.45) is 0 Å². The Morgan fingerprint density at radius 2 is 1.76 bits per heavy atom. The maximum atomic E-state index is 13.0. The van der Waals surface area contributed by atoms with Gasteiger partial charge in [0.25, 0.3) is 0 Å². The van der Waals surface area contributed by atoms with Crippen molar-refractivity contribution in [2.75, 3.05) is 33.3 Å². The van der Waals surface area contributed by atoms with E-state index >= 15 is 0 Å². The highest BCUT2D eigenvalue weighted by Gasteiger charge is 2.32. The van der Waals surface area contributed by atoms with E-state index in [-0.39, 0.29) is 22.4 Å². The van der Waals surface area contributed by atoms with Gasteiger partial charge in [-0.1, -0.05) is 37.3 Å². The highest BCUT2D eigenvalue weighted by atomic mass is 32.2. The number of hydrogen-bond donors (Lipinski definition) is 0. The lowest BCUT2D eigenvalue weighted by Crippen LogP contribution is -2.49. The summed E-state index contributed by atoms with van der Waals surface area (Å²) in [6.45, 7) is 4.00. The monoisotopic (exact) mass is 419 g/mol. The topological polar surface area (TPSA) is 93.0 Å². The predicted molar refractivity (Wildman–Crippen MR) is 109 cm³/mol. The number of piperazine rings is 1. The minimum Gasteiger partial charge on any atom is -0.490 e. The van der Waals surface area contributed by atoms with E-state index in [1.54, 1.807) is 0 Å². The summed E-state index contributed by atoms with van der Waals surface area (Å²) in [5, 5.41) is 11.2. The van der Waals surface area contributed by atoms with Crippen LogP contribution in [0.1, 0.15) is 24.9 Å². The van der Waals surface area contributed by atoms with Crippen LogP contribution in [0.2, 0.25) is 0 Å². The molecule has 0 saturated carbocycles. The molecule has 0 N–H and O–H groups in total. The van der Waals surface area contributed by atoms with Gasteiger partial charge in [0.2, 0.25) is 10.0 Å². The van der Waals surface area contributed by atoms with Crippen molar-refractivity contribution in [1.29, 1.82) is 0 Å². The molecule has 0 radical (unpaired) electrons. The smallest absolute Gasteiger partial charge is 0.312 e. The van der Waals surface area contributed by atoms with Gasteiger partial charge >= 0.3 is 5.69 Å². The number of nitro groups is 1. The van der Waals surface area contributed by atoms with Crippen LogP contribution in [-0.2, 0) is 10.0 Å². The summed E-state index contributed by atoms with van der Waals surface area (Å²) in [7, 11) is -2.50. The number of methoxy groups -OCH3 is 1. The van der Waals surface area contributed by atoms with E-state index in [2.05, 4.69) is 24.0 Å². The minimum atomic E-state index is -3.82. The third-order valence-electron chi connectivity index (χ3n) is 5.27. The van der Waals surface area contributed by atoms with Gasteiger partial charge in [0.05, 0.1) is 16.9 Å². The number of ether oxygens (including phenoxy) is 1. The SMILES string of the molecule is CCC(c1ccccc1)N1CCN(S(=O)(=O)c2ccc(OC)c([N+](=O)[O-])c2)CC1. The summed E-state index contributed by atoms with van der Waals surface area (Å²) in [4.78, 5) is 12.8. The zero-order valence-electron chi connectivity index (χ0n) is 16.5. The quantitative estimate of drug-likeness (QED) is 0.506. The average Bonchev–Trinajstić information content (AvgIpc) is 2.75. The molecule has 156 valence electrons. The summed E-state index contributed by atoms with van der Waals surface area (Å²) in [6, 6.07) is 14.2. The first-order valence-corrected chi connectivity index (χ1v) is 10.9. The number of hydrogen-bond acceptors (Lipinski definition) is 6. The molecule has 1 heterocycles. The van der Waals surface area contributed by atoms with Crippen molar-refractivity contribution in [2.45, 2.75) is 24.3 Å². The molecule has 2 aromatic carbocycles. The van der Waals surface area contributed by atoms with Crippen LogP contribution in [0.25, 0.3) is 0 Å². The van der Waals surface area contributed by atoms with Gasteiger partial charge < -0.3 is 4.74 Å². The van der Waals surface area contributed by atoms with E-state index in [0.29, 0.717) is 26.2 Å². The van der Waals surface area contributed by atoms with Crippen molar-refractivity contribution in [3.05, 3.63) is 64.2 Å². The normalized spacial score (nSPS) is 17.0. The van der Waals surface area contributed by atoms with Crippen LogP contribution in [-0.4, -0.2) is 55.8 Å². The summed E-state index contributed by atoms with van der Waals surface area (Å²) in [5.41, 5.74) is 0.861. The Morgan fingerprint density at radius 1 is 1.10 bits per heavy atom. The summed E-state index contributed by atoms with van der Waals surface area (Å²) >= 11 is 0. The fourth-order valence-electron chi connectivity index (χ4n) is 3.76. The minimum absolute atomic E-state index is 0.0346. The molecule has 1 saturated heterocycles. The van der Waals surface area contributed by atoms with Crippen LogP contribution in [0.5, 0.6) is 5.75 Å². The molecule has 0 aromatic heterocycles. The summed E-state index contributed by atoms with van der Waals surface area (Å²) < 4.78 is 32.4. The Morgan fingerprint density at radius 3 is 2.31 bits per heavy atom. The summed E-state index contributed by atoms with van der Waals surface area (Å²) in [5.74, 6) is 0.0346. The van der Waals surface area contributed by atoms with Crippen LogP contribution in [0.3, 0.4) is 0 Å². The average molecular weight is 420 g/mol. The maximum Gasteiger partial charge on any atom is 0.312 e. The molecule has 1 fully saturated rings. The van der Waals surface area contributed by atoms with Crippen LogP contribution in [0.15, 0.2) is 53.4 Å². The molecule has 1 aliphatic heterocycles. The molecule has 8 nitrogen and oxygen atoms in total. The second-order valence-corrected chi connectivity index (χ2v) is 8.80. The lowest BCUT2D eigenvalue weighted by molar-refractivity contribution is -0.386. The van der Waals surface area contributed by atoms with Crippen LogP contribution >= 0.6 is 0 Å². The molecule has 2 aromatic rings. The van der Waals surface area contributed by atoms with Gasteiger partial charge in [-0.15, -0.1) is 0 Å². The standard InChI is InChI=1S/C20H25N3O5S/c1-3-18(16-7-5-4-6-8-16)21-11-13-22(14-12-21)29(26,27)17-9-10-20(28-2)19(15-17)23(24)25/h4-10,15,18H,3,11-14H2,1-2H3. The first-order chi connectivity index (χ1) is 13.9. The van der Waals surface area contributed by atoms with E-state index in [1.807, 2.05) is 18.2 Å². The van der Waals surface area contributed by atoms with Crippen molar-refractivity contribution in [1.82, 2.24) is 9.21 Å². The molecule has 1 unspecified atom stereocenters. The Balaban J connectivity index is 1.76. The first kappa shape index (κ1) is 21.2. The highest BCUT2D eigenvalue weighted by molar-refractivity contribution is 7.89. The van der Waals surface area contributed by atoms with E-state index in [0.717, 1.165) is 12.5 Å². The predicted octanol–water partition coefficient (Wildman–Crippen LogP) is 3.06. The Kier molecular flexibility index (Phi) is 6.51. The Hall–Kier alpha value is -2.49. The largest absolute Gasteiger partial charge is 0.490 e. The molecule has 3 rings (SSSR count). The third kappa shape index (κ3) is 4.42. The molecule has 0 bridgehead atoms. The zero-order valence-corrected chi connectivity index (χ0v) is 17.3. The second kappa shape index (κ2) is 8.89. The fourth-order valence-corrected chi connectivity index (χ4v) is 5.20. The molecule has 1 aliphatic rings. The highest BCUT2D eigenvalue weighted by Crippen LogP contribution is 2.31.